The number of para-hydroxylation sites is 1. The number of hydrogen-bond donors (Lipinski definition) is 1. The summed E-state index contributed by atoms with van der Waals surface area (Å²) in [6.45, 7) is -0.278. The second-order valence-corrected chi connectivity index (χ2v) is 11.9. The highest BCUT2D eigenvalue weighted by molar-refractivity contribution is 8.00. The molecule has 39 heavy (non-hydrogen) atoms. The summed E-state index contributed by atoms with van der Waals surface area (Å²) in [4.78, 5) is 59.3. The molecule has 0 spiro atoms. The Kier molecular flexibility index (Phi) is 6.80. The SMILES string of the molecule is O=C(Cn1c2c(sc1=O)[C@@H](c1cccnc1)[C@@H]1C(=O)N(c3ccccc3)C(=O)[C@@H]1S2)Nc1ccc(Cl)c(Cl)c1. The average Bonchev–Trinajstić information content (AvgIpc) is 3.37. The van der Waals surface area contributed by atoms with E-state index >= 15 is 0 Å². The molecule has 4 heterocycles. The molecule has 1 fully saturated rings. The van der Waals surface area contributed by atoms with Crippen LogP contribution in [0.1, 0.15) is 16.4 Å². The first-order chi connectivity index (χ1) is 18.8. The molecule has 1 N–H and O–H groups in total. The van der Waals surface area contributed by atoms with E-state index in [1.54, 1.807) is 54.9 Å². The molecule has 12 heteroatoms. The second kappa shape index (κ2) is 10.3. The minimum absolute atomic E-state index is 0.278. The molecule has 3 atom stereocenters. The van der Waals surface area contributed by atoms with Gasteiger partial charge in [-0.3, -0.25) is 28.7 Å². The van der Waals surface area contributed by atoms with Gasteiger partial charge in [0.05, 0.1) is 26.7 Å². The number of nitrogens with zero attached hydrogens (tertiary/aromatic N) is 3. The maximum absolute atomic E-state index is 13.8. The fourth-order valence-electron chi connectivity index (χ4n) is 4.92. The van der Waals surface area contributed by atoms with Crippen molar-refractivity contribution in [2.24, 2.45) is 5.92 Å². The van der Waals surface area contributed by atoms with E-state index in [4.69, 9.17) is 23.2 Å². The van der Waals surface area contributed by atoms with Crippen LogP contribution in [0.3, 0.4) is 0 Å². The van der Waals surface area contributed by atoms with Crippen molar-refractivity contribution < 1.29 is 14.4 Å². The van der Waals surface area contributed by atoms with Gasteiger partial charge in [-0.1, -0.05) is 70.6 Å². The Morgan fingerprint density at radius 1 is 0.974 bits per heavy atom. The lowest BCUT2D eigenvalue weighted by molar-refractivity contribution is -0.122. The van der Waals surface area contributed by atoms with Crippen LogP contribution in [0.15, 0.2) is 82.9 Å². The van der Waals surface area contributed by atoms with Crippen LogP contribution >= 0.6 is 46.3 Å². The summed E-state index contributed by atoms with van der Waals surface area (Å²) in [6.07, 6.45) is 3.27. The minimum Gasteiger partial charge on any atom is -0.324 e. The van der Waals surface area contributed by atoms with Gasteiger partial charge in [0.25, 0.3) is 0 Å². The Balaban J connectivity index is 1.39. The third-order valence-electron chi connectivity index (χ3n) is 6.61. The molecular weight excluding hydrogens is 579 g/mol. The molecule has 0 saturated carbocycles. The Morgan fingerprint density at radius 2 is 1.77 bits per heavy atom. The zero-order valence-corrected chi connectivity index (χ0v) is 23.1. The average molecular weight is 598 g/mol. The molecule has 8 nitrogen and oxygen atoms in total. The largest absolute Gasteiger partial charge is 0.324 e. The highest BCUT2D eigenvalue weighted by Gasteiger charge is 2.56. The zero-order chi connectivity index (χ0) is 27.3. The lowest BCUT2D eigenvalue weighted by Crippen LogP contribution is -2.33. The maximum Gasteiger partial charge on any atom is 0.308 e. The number of pyridine rings is 1. The number of aromatic nitrogens is 2. The van der Waals surface area contributed by atoms with E-state index in [-0.39, 0.29) is 28.3 Å². The van der Waals surface area contributed by atoms with E-state index in [0.717, 1.165) is 28.7 Å². The van der Waals surface area contributed by atoms with Gasteiger partial charge >= 0.3 is 4.87 Å². The lowest BCUT2D eigenvalue weighted by Gasteiger charge is -2.30. The molecule has 3 amide bonds. The maximum atomic E-state index is 13.8. The van der Waals surface area contributed by atoms with Crippen molar-refractivity contribution in [3.8, 4) is 0 Å². The van der Waals surface area contributed by atoms with Crippen LogP contribution in [-0.2, 0) is 20.9 Å². The van der Waals surface area contributed by atoms with E-state index in [2.05, 4.69) is 10.3 Å². The van der Waals surface area contributed by atoms with Crippen molar-refractivity contribution in [2.45, 2.75) is 22.7 Å². The number of carbonyl (C=O) groups excluding carboxylic acids is 3. The third-order valence-corrected chi connectivity index (χ3v) is 9.96. The van der Waals surface area contributed by atoms with Gasteiger partial charge < -0.3 is 5.32 Å². The molecule has 2 aromatic heterocycles. The van der Waals surface area contributed by atoms with E-state index in [1.807, 2.05) is 12.1 Å². The number of nitrogens with one attached hydrogen (secondary N) is 1. The van der Waals surface area contributed by atoms with E-state index < -0.39 is 23.0 Å². The normalized spacial score (nSPS) is 20.1. The molecular formula is C27H18Cl2N4O4S2. The van der Waals surface area contributed by atoms with Crippen molar-refractivity contribution >= 4 is 75.4 Å². The lowest BCUT2D eigenvalue weighted by atomic mass is 9.84. The standard InChI is InChI=1S/C27H18Cl2N4O4S2/c28-17-9-8-15(11-18(17)29)31-19(34)13-32-26-23(39-27(32)37)20(14-5-4-10-30-12-14)21-22(38-26)25(36)33(24(21)35)16-6-2-1-3-7-16/h1-12,20-22H,13H2,(H,31,34)/t20-,21-,22+/m0/s1. The van der Waals surface area contributed by atoms with Crippen LogP contribution in [-0.4, -0.2) is 32.5 Å². The number of amides is 3. The fraction of sp³-hybridized carbons (Fsp3) is 0.148. The predicted molar refractivity (Wildman–Crippen MR) is 152 cm³/mol. The zero-order valence-electron chi connectivity index (χ0n) is 19.9. The van der Waals surface area contributed by atoms with E-state index in [9.17, 15) is 19.2 Å². The summed E-state index contributed by atoms with van der Waals surface area (Å²) in [7, 11) is 0. The van der Waals surface area contributed by atoms with Crippen LogP contribution in [0.5, 0.6) is 0 Å². The van der Waals surface area contributed by atoms with E-state index in [1.165, 1.54) is 15.5 Å². The summed E-state index contributed by atoms with van der Waals surface area (Å²) >= 11 is 14.2. The quantitative estimate of drug-likeness (QED) is 0.324. The summed E-state index contributed by atoms with van der Waals surface area (Å²) in [5, 5.41) is 3.10. The van der Waals surface area contributed by atoms with Crippen LogP contribution in [0.2, 0.25) is 10.0 Å². The summed E-state index contributed by atoms with van der Waals surface area (Å²) < 4.78 is 1.36. The highest BCUT2D eigenvalue weighted by atomic mass is 35.5. The van der Waals surface area contributed by atoms with Gasteiger partial charge in [-0.05, 0) is 42.0 Å². The molecule has 0 bridgehead atoms. The van der Waals surface area contributed by atoms with Gasteiger partial charge in [0, 0.05) is 28.9 Å². The van der Waals surface area contributed by atoms with Crippen LogP contribution in [0, 0.1) is 5.92 Å². The highest BCUT2D eigenvalue weighted by Crippen LogP contribution is 2.53. The first kappa shape index (κ1) is 25.8. The number of halogens is 2. The van der Waals surface area contributed by atoms with Crippen LogP contribution in [0.25, 0.3) is 0 Å². The Bertz CT molecular complexity index is 1680. The van der Waals surface area contributed by atoms with Gasteiger partial charge in [-0.25, -0.2) is 4.90 Å². The number of thiazole rings is 1. The number of anilines is 2. The number of benzene rings is 2. The molecule has 0 aliphatic carbocycles. The van der Waals surface area contributed by atoms with Gasteiger partial charge in [0.1, 0.15) is 11.8 Å². The number of thioether (sulfide) groups is 1. The third kappa shape index (κ3) is 4.57. The predicted octanol–water partition coefficient (Wildman–Crippen LogP) is 5.05. The first-order valence-electron chi connectivity index (χ1n) is 11.8. The summed E-state index contributed by atoms with van der Waals surface area (Å²) in [6, 6.07) is 17.1. The van der Waals surface area contributed by atoms with Crippen molar-refractivity contribution in [1.82, 2.24) is 9.55 Å². The Hall–Kier alpha value is -3.44. The molecule has 0 radical (unpaired) electrons. The minimum atomic E-state index is -0.770. The van der Waals surface area contributed by atoms with Crippen molar-refractivity contribution in [2.75, 3.05) is 10.2 Å². The van der Waals surface area contributed by atoms with Gasteiger partial charge in [-0.15, -0.1) is 0 Å². The second-order valence-electron chi connectivity index (χ2n) is 8.98. The number of fused-ring (bicyclic) bond motifs is 2. The van der Waals surface area contributed by atoms with Crippen molar-refractivity contribution in [3.05, 3.63) is 103 Å². The van der Waals surface area contributed by atoms with Crippen LogP contribution in [0.4, 0.5) is 11.4 Å². The molecule has 2 aliphatic rings. The fourth-order valence-corrected chi connectivity index (χ4v) is 8.00. The molecule has 1 saturated heterocycles. The molecule has 0 unspecified atom stereocenters. The van der Waals surface area contributed by atoms with Gasteiger partial charge in [-0.2, -0.15) is 0 Å². The van der Waals surface area contributed by atoms with E-state index in [0.29, 0.717) is 26.3 Å². The summed E-state index contributed by atoms with van der Waals surface area (Å²) in [5.74, 6) is -2.42. The Morgan fingerprint density at radius 3 is 2.49 bits per heavy atom. The number of rotatable bonds is 5. The molecule has 2 aliphatic heterocycles. The number of imide groups is 1. The molecule has 6 rings (SSSR count). The molecule has 196 valence electrons. The van der Waals surface area contributed by atoms with Gasteiger partial charge in [0.15, 0.2) is 0 Å². The molecule has 4 aromatic rings. The van der Waals surface area contributed by atoms with Crippen molar-refractivity contribution in [1.29, 1.82) is 0 Å². The summed E-state index contributed by atoms with van der Waals surface area (Å²) in [5.41, 5.74) is 1.65. The van der Waals surface area contributed by atoms with Gasteiger partial charge in [0.2, 0.25) is 17.7 Å². The smallest absolute Gasteiger partial charge is 0.308 e. The monoisotopic (exact) mass is 596 g/mol. The van der Waals surface area contributed by atoms with Crippen molar-refractivity contribution in [3.63, 3.8) is 0 Å². The number of carbonyl (C=O) groups is 3. The Labute approximate surface area is 240 Å². The first-order valence-corrected chi connectivity index (χ1v) is 14.3. The topological polar surface area (TPSA) is 101 Å². The van der Waals surface area contributed by atoms with Crippen LogP contribution < -0.4 is 15.1 Å². The molecule has 2 aromatic carbocycles. The number of hydrogen-bond acceptors (Lipinski definition) is 7.